The second-order valence-corrected chi connectivity index (χ2v) is 7.96. The summed E-state index contributed by atoms with van der Waals surface area (Å²) in [5.74, 6) is -4.97. The number of hydrogen-bond acceptors (Lipinski definition) is 8. The van der Waals surface area contributed by atoms with Crippen LogP contribution in [0.5, 0.6) is 0 Å². The predicted octanol–water partition coefficient (Wildman–Crippen LogP) is -3.24. The van der Waals surface area contributed by atoms with E-state index in [1.165, 1.54) is 19.4 Å². The molecular formula is C20H33N9O7. The molecule has 3 amide bonds. The molecule has 4 unspecified atom stereocenters. The van der Waals surface area contributed by atoms with Gasteiger partial charge in [0, 0.05) is 31.3 Å². The molecule has 0 radical (unpaired) electrons. The number of carboxylic acids is 2. The van der Waals surface area contributed by atoms with Gasteiger partial charge in [-0.05, 0) is 26.2 Å². The number of imidazole rings is 1. The van der Waals surface area contributed by atoms with E-state index in [9.17, 15) is 24.0 Å². The average molecular weight is 512 g/mol. The first-order chi connectivity index (χ1) is 16.9. The molecule has 0 aliphatic rings. The number of guanidine groups is 1. The van der Waals surface area contributed by atoms with E-state index in [1.807, 2.05) is 0 Å². The number of amides is 3. The quantitative estimate of drug-likeness (QED) is 0.0603. The summed E-state index contributed by atoms with van der Waals surface area (Å²) in [6, 6.07) is -4.85. The van der Waals surface area contributed by atoms with Gasteiger partial charge in [0.15, 0.2) is 5.96 Å². The molecule has 0 aliphatic heterocycles. The Balaban J connectivity index is 2.95. The first kappa shape index (κ1) is 29.8. The summed E-state index contributed by atoms with van der Waals surface area (Å²) in [5.41, 5.74) is 16.9. The number of nitrogens with one attached hydrogen (secondary N) is 4. The van der Waals surface area contributed by atoms with Gasteiger partial charge in [0.2, 0.25) is 17.7 Å². The molecule has 0 fully saturated rings. The van der Waals surface area contributed by atoms with Crippen LogP contribution < -0.4 is 33.2 Å². The zero-order valence-corrected chi connectivity index (χ0v) is 19.8. The Labute approximate surface area is 206 Å². The van der Waals surface area contributed by atoms with E-state index in [4.69, 9.17) is 27.4 Å². The smallest absolute Gasteiger partial charge is 0.325 e. The van der Waals surface area contributed by atoms with Gasteiger partial charge in [-0.1, -0.05) is 0 Å². The standard InChI is InChI=1S/C20H33N9O7/c1-10(19(35)36)27-17(33)13(4-5-15(30)31)28-18(34)14(7-11-8-24-9-26-11)29-16(32)12(21)3-2-6-25-20(22)23/h8-10,12-14H,2-7,21H2,1H3,(H,24,26)(H,27,33)(H,28,34)(H,29,32)(H,30,31)(H,35,36)(H4,22,23,25). The number of carbonyl (C=O) groups is 5. The van der Waals surface area contributed by atoms with Crippen LogP contribution in [0.4, 0.5) is 0 Å². The minimum atomic E-state index is -1.37. The SMILES string of the molecule is CC(NC(=O)C(CCC(=O)O)NC(=O)C(Cc1cnc[nH]1)NC(=O)C(N)CCCN=C(N)N)C(=O)O. The Hall–Kier alpha value is -4.21. The van der Waals surface area contributed by atoms with E-state index in [1.54, 1.807) is 0 Å². The van der Waals surface area contributed by atoms with Crippen molar-refractivity contribution < 1.29 is 34.2 Å². The van der Waals surface area contributed by atoms with Crippen LogP contribution in [0.2, 0.25) is 0 Å². The van der Waals surface area contributed by atoms with Crippen LogP contribution in [0.1, 0.15) is 38.3 Å². The first-order valence-corrected chi connectivity index (χ1v) is 11.0. The summed E-state index contributed by atoms with van der Waals surface area (Å²) in [5, 5.41) is 25.1. The monoisotopic (exact) mass is 511 g/mol. The number of nitrogens with zero attached hydrogens (tertiary/aromatic N) is 2. The molecule has 0 aliphatic carbocycles. The zero-order valence-electron chi connectivity index (χ0n) is 19.8. The largest absolute Gasteiger partial charge is 0.481 e. The van der Waals surface area contributed by atoms with Crippen molar-refractivity contribution in [2.75, 3.05) is 6.54 Å². The molecule has 16 nitrogen and oxygen atoms in total. The number of carbonyl (C=O) groups excluding carboxylic acids is 3. The molecule has 12 N–H and O–H groups in total. The van der Waals surface area contributed by atoms with Crippen molar-refractivity contribution in [3.05, 3.63) is 18.2 Å². The van der Waals surface area contributed by atoms with Gasteiger partial charge in [0.25, 0.3) is 0 Å². The highest BCUT2D eigenvalue weighted by Gasteiger charge is 2.30. The third-order valence-electron chi connectivity index (χ3n) is 4.93. The minimum absolute atomic E-state index is 0.0446. The molecule has 0 aromatic carbocycles. The lowest BCUT2D eigenvalue weighted by molar-refractivity contribution is -0.142. The van der Waals surface area contributed by atoms with Gasteiger partial charge in [0.1, 0.15) is 18.1 Å². The summed E-state index contributed by atoms with van der Waals surface area (Å²) in [6.07, 6.45) is 2.60. The Bertz CT molecular complexity index is 932. The van der Waals surface area contributed by atoms with Crippen molar-refractivity contribution in [3.63, 3.8) is 0 Å². The van der Waals surface area contributed by atoms with Crippen molar-refractivity contribution in [1.82, 2.24) is 25.9 Å². The number of H-pyrrole nitrogens is 1. The lowest BCUT2D eigenvalue weighted by atomic mass is 10.1. The fourth-order valence-corrected chi connectivity index (χ4v) is 2.94. The van der Waals surface area contributed by atoms with Crippen LogP contribution in [0, 0.1) is 0 Å². The molecule has 1 aromatic heterocycles. The summed E-state index contributed by atoms with van der Waals surface area (Å²) >= 11 is 0. The molecule has 4 atom stereocenters. The number of rotatable bonds is 16. The second kappa shape index (κ2) is 14.9. The summed E-state index contributed by atoms with van der Waals surface area (Å²) in [6.45, 7) is 1.47. The van der Waals surface area contributed by atoms with E-state index in [0.29, 0.717) is 12.1 Å². The van der Waals surface area contributed by atoms with Gasteiger partial charge in [-0.2, -0.15) is 0 Å². The average Bonchev–Trinajstić information content (AvgIpc) is 3.31. The van der Waals surface area contributed by atoms with Gasteiger partial charge < -0.3 is 48.3 Å². The molecule has 36 heavy (non-hydrogen) atoms. The molecule has 1 aromatic rings. The number of carboxylic acid groups (broad SMARTS) is 2. The number of aromatic amines is 1. The van der Waals surface area contributed by atoms with Gasteiger partial charge in [-0.3, -0.25) is 29.0 Å². The molecule has 1 rings (SSSR count). The third kappa shape index (κ3) is 11.3. The van der Waals surface area contributed by atoms with Gasteiger partial charge >= 0.3 is 11.9 Å². The molecule has 0 bridgehead atoms. The van der Waals surface area contributed by atoms with Crippen molar-refractivity contribution in [2.45, 2.75) is 63.2 Å². The number of nitrogens with two attached hydrogens (primary N) is 3. The Morgan fingerprint density at radius 2 is 1.67 bits per heavy atom. The molecule has 0 saturated heterocycles. The van der Waals surface area contributed by atoms with Gasteiger partial charge in [-0.25, -0.2) is 4.98 Å². The lowest BCUT2D eigenvalue weighted by Gasteiger charge is -2.24. The molecule has 0 saturated carbocycles. The molecule has 200 valence electrons. The van der Waals surface area contributed by atoms with Crippen LogP contribution >= 0.6 is 0 Å². The maximum Gasteiger partial charge on any atom is 0.325 e. The van der Waals surface area contributed by atoms with Crippen LogP contribution in [0.3, 0.4) is 0 Å². The van der Waals surface area contributed by atoms with Crippen molar-refractivity contribution in [3.8, 4) is 0 Å². The van der Waals surface area contributed by atoms with Crippen LogP contribution in [0.25, 0.3) is 0 Å². The fourth-order valence-electron chi connectivity index (χ4n) is 2.94. The van der Waals surface area contributed by atoms with E-state index in [2.05, 4.69) is 30.9 Å². The van der Waals surface area contributed by atoms with Gasteiger partial charge in [-0.15, -0.1) is 0 Å². The first-order valence-electron chi connectivity index (χ1n) is 11.0. The molecule has 0 spiro atoms. The highest BCUT2D eigenvalue weighted by Crippen LogP contribution is 2.05. The van der Waals surface area contributed by atoms with E-state index in [0.717, 1.165) is 0 Å². The minimum Gasteiger partial charge on any atom is -0.481 e. The maximum absolute atomic E-state index is 13.1. The number of hydrogen-bond donors (Lipinski definition) is 9. The maximum atomic E-state index is 13.1. The Morgan fingerprint density at radius 1 is 1.03 bits per heavy atom. The van der Waals surface area contributed by atoms with Crippen molar-refractivity contribution >= 4 is 35.6 Å². The highest BCUT2D eigenvalue weighted by molar-refractivity contribution is 5.94. The lowest BCUT2D eigenvalue weighted by Crippen LogP contribution is -2.57. The number of aliphatic carboxylic acids is 2. The van der Waals surface area contributed by atoms with Crippen molar-refractivity contribution in [2.24, 2.45) is 22.2 Å². The topological polar surface area (TPSA) is 281 Å². The van der Waals surface area contributed by atoms with Gasteiger partial charge in [0.05, 0.1) is 12.4 Å². The normalized spacial score (nSPS) is 13.9. The molecule has 1 heterocycles. The van der Waals surface area contributed by atoms with E-state index < -0.39 is 60.2 Å². The van der Waals surface area contributed by atoms with Crippen molar-refractivity contribution in [1.29, 1.82) is 0 Å². The summed E-state index contributed by atoms with van der Waals surface area (Å²) < 4.78 is 0. The molecule has 16 heteroatoms. The Kier molecular flexibility index (Phi) is 12.4. The van der Waals surface area contributed by atoms with Crippen LogP contribution in [-0.4, -0.2) is 86.5 Å². The number of aromatic nitrogens is 2. The Morgan fingerprint density at radius 3 is 2.22 bits per heavy atom. The van der Waals surface area contributed by atoms with Crippen LogP contribution in [-0.2, 0) is 30.4 Å². The summed E-state index contributed by atoms with van der Waals surface area (Å²) in [4.78, 5) is 70.7. The van der Waals surface area contributed by atoms with Crippen LogP contribution in [0.15, 0.2) is 17.5 Å². The third-order valence-corrected chi connectivity index (χ3v) is 4.93. The highest BCUT2D eigenvalue weighted by atomic mass is 16.4. The zero-order chi connectivity index (χ0) is 27.3. The fraction of sp³-hybridized carbons (Fsp3) is 0.550. The summed E-state index contributed by atoms with van der Waals surface area (Å²) in [7, 11) is 0. The second-order valence-electron chi connectivity index (χ2n) is 7.96. The van der Waals surface area contributed by atoms with E-state index in [-0.39, 0.29) is 31.8 Å². The molecular weight excluding hydrogens is 478 g/mol. The van der Waals surface area contributed by atoms with E-state index >= 15 is 0 Å². The number of aliphatic imine (C=N–C) groups is 1. The predicted molar refractivity (Wildman–Crippen MR) is 126 cm³/mol.